The molecule has 0 unspecified atom stereocenters. The van der Waals surface area contributed by atoms with E-state index in [1.807, 2.05) is 12.1 Å². The molecule has 0 aliphatic carbocycles. The highest BCUT2D eigenvalue weighted by molar-refractivity contribution is 5.64. The van der Waals surface area contributed by atoms with Crippen molar-refractivity contribution in [2.75, 3.05) is 13.1 Å². The minimum absolute atomic E-state index is 0.494. The fourth-order valence-electron chi connectivity index (χ4n) is 1.50. The first-order valence-corrected chi connectivity index (χ1v) is 5.89. The van der Waals surface area contributed by atoms with E-state index in [2.05, 4.69) is 16.7 Å². The molecule has 0 saturated heterocycles. The van der Waals surface area contributed by atoms with E-state index in [-0.39, 0.29) is 0 Å². The van der Waals surface area contributed by atoms with E-state index in [4.69, 9.17) is 10.4 Å². The molecule has 0 spiro atoms. The summed E-state index contributed by atoms with van der Waals surface area (Å²) in [7, 11) is 0. The number of nitriles is 1. The Morgan fingerprint density at radius 2 is 1.89 bits per heavy atom. The van der Waals surface area contributed by atoms with Crippen LogP contribution in [0.2, 0.25) is 0 Å². The second-order valence-corrected chi connectivity index (χ2v) is 3.92. The van der Waals surface area contributed by atoms with Crippen molar-refractivity contribution in [2.45, 2.75) is 19.4 Å². The summed E-state index contributed by atoms with van der Waals surface area (Å²) >= 11 is 0. The molecule has 0 fully saturated rings. The Morgan fingerprint density at radius 3 is 2.50 bits per heavy atom. The van der Waals surface area contributed by atoms with Gasteiger partial charge in [-0.3, -0.25) is 0 Å². The molecule has 0 aliphatic heterocycles. The summed E-state index contributed by atoms with van der Waals surface area (Å²) in [5, 5.41) is 22.6. The van der Waals surface area contributed by atoms with Gasteiger partial charge in [0.15, 0.2) is 0 Å². The Balaban J connectivity index is 2.07. The normalized spacial score (nSPS) is 9.72. The van der Waals surface area contributed by atoms with Crippen LogP contribution in [0.25, 0.3) is 0 Å². The number of rotatable bonds is 7. The quantitative estimate of drug-likeness (QED) is 0.640. The van der Waals surface area contributed by atoms with Crippen LogP contribution < -0.4 is 10.6 Å². The summed E-state index contributed by atoms with van der Waals surface area (Å²) in [6, 6.07) is 9.53. The van der Waals surface area contributed by atoms with E-state index >= 15 is 0 Å². The van der Waals surface area contributed by atoms with Gasteiger partial charge in [-0.05, 0) is 37.1 Å². The third-order valence-electron chi connectivity index (χ3n) is 2.47. The molecule has 1 aromatic carbocycles. The zero-order valence-corrected chi connectivity index (χ0v) is 10.1. The summed E-state index contributed by atoms with van der Waals surface area (Å²) in [4.78, 5) is 10.2. The Kier molecular flexibility index (Phi) is 6.30. The summed E-state index contributed by atoms with van der Waals surface area (Å²) < 4.78 is 0. The van der Waals surface area contributed by atoms with Crippen LogP contribution in [0.1, 0.15) is 24.0 Å². The minimum Gasteiger partial charge on any atom is -0.465 e. The number of carbonyl (C=O) groups is 1. The summed E-state index contributed by atoms with van der Waals surface area (Å²) in [5.41, 5.74) is 1.80. The van der Waals surface area contributed by atoms with Crippen LogP contribution in [-0.2, 0) is 6.54 Å². The average Bonchev–Trinajstić information content (AvgIpc) is 2.38. The standard InChI is InChI=1S/C13H17N3O2/c14-9-11-3-5-12(6-4-11)10-15-7-1-2-8-16-13(17)18/h3-6,15-16H,1-2,7-8,10H2,(H,17,18). The highest BCUT2D eigenvalue weighted by atomic mass is 16.4. The summed E-state index contributed by atoms with van der Waals surface area (Å²) in [6.07, 6.45) is 0.781. The predicted molar refractivity (Wildman–Crippen MR) is 68.1 cm³/mol. The van der Waals surface area contributed by atoms with Gasteiger partial charge in [0.25, 0.3) is 0 Å². The molecule has 0 atom stereocenters. The molecule has 18 heavy (non-hydrogen) atoms. The number of unbranched alkanes of at least 4 members (excludes halogenated alkanes) is 1. The molecule has 1 aromatic rings. The Labute approximate surface area is 106 Å². The number of benzene rings is 1. The van der Waals surface area contributed by atoms with Crippen LogP contribution in [0.15, 0.2) is 24.3 Å². The molecule has 0 aromatic heterocycles. The smallest absolute Gasteiger partial charge is 0.404 e. The molecule has 0 saturated carbocycles. The second-order valence-electron chi connectivity index (χ2n) is 3.92. The molecule has 0 radical (unpaired) electrons. The lowest BCUT2D eigenvalue weighted by Crippen LogP contribution is -2.23. The fraction of sp³-hybridized carbons (Fsp3) is 0.385. The lowest BCUT2D eigenvalue weighted by molar-refractivity contribution is 0.194. The first kappa shape index (κ1) is 14.0. The van der Waals surface area contributed by atoms with Crippen LogP contribution in [0.4, 0.5) is 4.79 Å². The molecule has 0 bridgehead atoms. The SMILES string of the molecule is N#Cc1ccc(CNCCCCNC(=O)O)cc1. The molecule has 0 aliphatic rings. The predicted octanol–water partition coefficient (Wildman–Crippen LogP) is 1.70. The number of hydrogen-bond acceptors (Lipinski definition) is 3. The minimum atomic E-state index is -0.972. The Bertz CT molecular complexity index is 409. The monoisotopic (exact) mass is 247 g/mol. The molecule has 0 heterocycles. The topological polar surface area (TPSA) is 85.2 Å². The van der Waals surface area contributed by atoms with Gasteiger partial charge in [0.2, 0.25) is 0 Å². The van der Waals surface area contributed by atoms with Gasteiger partial charge in [0, 0.05) is 13.1 Å². The molecule has 5 nitrogen and oxygen atoms in total. The van der Waals surface area contributed by atoms with Gasteiger partial charge in [-0.15, -0.1) is 0 Å². The van der Waals surface area contributed by atoms with Gasteiger partial charge in [0.1, 0.15) is 0 Å². The van der Waals surface area contributed by atoms with Crippen molar-refractivity contribution in [3.8, 4) is 6.07 Å². The van der Waals surface area contributed by atoms with Gasteiger partial charge >= 0.3 is 6.09 Å². The molecule has 5 heteroatoms. The first-order valence-electron chi connectivity index (χ1n) is 5.89. The summed E-state index contributed by atoms with van der Waals surface area (Å²) in [5.74, 6) is 0. The molecule has 3 N–H and O–H groups in total. The number of hydrogen-bond donors (Lipinski definition) is 3. The van der Waals surface area contributed by atoms with E-state index in [0.29, 0.717) is 12.1 Å². The molecule has 1 amide bonds. The van der Waals surface area contributed by atoms with E-state index in [9.17, 15) is 4.79 Å². The molecule has 1 rings (SSSR count). The van der Waals surface area contributed by atoms with Crippen molar-refractivity contribution >= 4 is 6.09 Å². The molecule has 96 valence electrons. The highest BCUT2D eigenvalue weighted by Gasteiger charge is 1.95. The number of nitrogens with one attached hydrogen (secondary N) is 2. The lowest BCUT2D eigenvalue weighted by atomic mass is 10.1. The maximum atomic E-state index is 10.2. The van der Waals surface area contributed by atoms with Crippen molar-refractivity contribution in [1.29, 1.82) is 5.26 Å². The van der Waals surface area contributed by atoms with Crippen molar-refractivity contribution in [1.82, 2.24) is 10.6 Å². The van der Waals surface area contributed by atoms with E-state index in [1.165, 1.54) is 0 Å². The molecular weight excluding hydrogens is 230 g/mol. The Hall–Kier alpha value is -2.06. The van der Waals surface area contributed by atoms with E-state index < -0.39 is 6.09 Å². The van der Waals surface area contributed by atoms with Crippen LogP contribution in [-0.4, -0.2) is 24.3 Å². The van der Waals surface area contributed by atoms with Crippen LogP contribution in [0, 0.1) is 11.3 Å². The van der Waals surface area contributed by atoms with Crippen molar-refractivity contribution < 1.29 is 9.90 Å². The highest BCUT2D eigenvalue weighted by Crippen LogP contribution is 2.02. The van der Waals surface area contributed by atoms with Crippen molar-refractivity contribution in [3.63, 3.8) is 0 Å². The van der Waals surface area contributed by atoms with Gasteiger partial charge in [-0.25, -0.2) is 4.79 Å². The Morgan fingerprint density at radius 1 is 1.22 bits per heavy atom. The van der Waals surface area contributed by atoms with Crippen molar-refractivity contribution in [3.05, 3.63) is 35.4 Å². The number of carboxylic acid groups (broad SMARTS) is 1. The third kappa shape index (κ3) is 5.87. The molecular formula is C13H17N3O2. The fourth-order valence-corrected chi connectivity index (χ4v) is 1.50. The van der Waals surface area contributed by atoms with Crippen molar-refractivity contribution in [2.24, 2.45) is 0 Å². The maximum absolute atomic E-state index is 10.2. The zero-order valence-electron chi connectivity index (χ0n) is 10.1. The number of amides is 1. The second kappa shape index (κ2) is 8.09. The maximum Gasteiger partial charge on any atom is 0.404 e. The van der Waals surface area contributed by atoms with Crippen LogP contribution in [0.3, 0.4) is 0 Å². The van der Waals surface area contributed by atoms with E-state index in [0.717, 1.165) is 31.5 Å². The van der Waals surface area contributed by atoms with E-state index in [1.54, 1.807) is 12.1 Å². The zero-order chi connectivity index (χ0) is 13.2. The van der Waals surface area contributed by atoms with Gasteiger partial charge in [-0.1, -0.05) is 12.1 Å². The van der Waals surface area contributed by atoms with Gasteiger partial charge in [-0.2, -0.15) is 5.26 Å². The van der Waals surface area contributed by atoms with Crippen LogP contribution in [0.5, 0.6) is 0 Å². The number of nitrogens with zero attached hydrogens (tertiary/aromatic N) is 1. The first-order chi connectivity index (χ1) is 8.72. The largest absolute Gasteiger partial charge is 0.465 e. The van der Waals surface area contributed by atoms with Gasteiger partial charge < -0.3 is 15.7 Å². The third-order valence-corrected chi connectivity index (χ3v) is 2.47. The van der Waals surface area contributed by atoms with Gasteiger partial charge in [0.05, 0.1) is 11.6 Å². The van der Waals surface area contributed by atoms with Crippen LogP contribution >= 0.6 is 0 Å². The lowest BCUT2D eigenvalue weighted by Gasteiger charge is -2.05. The average molecular weight is 247 g/mol. The summed E-state index contributed by atoms with van der Waals surface area (Å²) in [6.45, 7) is 2.10.